The van der Waals surface area contributed by atoms with E-state index in [1.807, 2.05) is 0 Å². The van der Waals surface area contributed by atoms with E-state index in [1.165, 1.54) is 13.5 Å². The van der Waals surface area contributed by atoms with Gasteiger partial charge in [-0.2, -0.15) is 0 Å². The molecule has 0 bridgehead atoms. The highest BCUT2D eigenvalue weighted by Crippen LogP contribution is 2.27. The summed E-state index contributed by atoms with van der Waals surface area (Å²) in [5.41, 5.74) is 6.57. The van der Waals surface area contributed by atoms with Crippen LogP contribution in [0.3, 0.4) is 0 Å². The summed E-state index contributed by atoms with van der Waals surface area (Å²) in [5, 5.41) is 0. The van der Waals surface area contributed by atoms with Crippen LogP contribution in [0.1, 0.15) is 29.6 Å². The topological polar surface area (TPSA) is 61.5 Å². The number of carbonyl (C=O) groups excluding carboxylic acids is 1. The highest BCUT2D eigenvalue weighted by atomic mass is 16.5. The number of carbonyl (C=O) groups is 1. The molecule has 17 heavy (non-hydrogen) atoms. The SMILES string of the molecule is COc1ccc(N)cc1C(=O)OCC1CCC1. The molecule has 92 valence electrons. The van der Waals surface area contributed by atoms with E-state index in [-0.39, 0.29) is 5.97 Å². The maximum atomic E-state index is 11.9. The van der Waals surface area contributed by atoms with E-state index in [1.54, 1.807) is 18.2 Å². The molecule has 4 nitrogen and oxygen atoms in total. The quantitative estimate of drug-likeness (QED) is 0.642. The van der Waals surface area contributed by atoms with Gasteiger partial charge in [-0.25, -0.2) is 4.79 Å². The Bertz CT molecular complexity index is 413. The van der Waals surface area contributed by atoms with Crippen LogP contribution in [0, 0.1) is 5.92 Å². The van der Waals surface area contributed by atoms with Crippen molar-refractivity contribution in [3.63, 3.8) is 0 Å². The Labute approximate surface area is 101 Å². The summed E-state index contributed by atoms with van der Waals surface area (Å²) in [4.78, 5) is 11.9. The second-order valence-electron chi connectivity index (χ2n) is 4.36. The van der Waals surface area contributed by atoms with Crippen LogP contribution in [-0.4, -0.2) is 19.7 Å². The molecule has 0 spiro atoms. The molecule has 0 heterocycles. The summed E-state index contributed by atoms with van der Waals surface area (Å²) in [6, 6.07) is 4.96. The molecule has 0 saturated heterocycles. The molecule has 0 radical (unpaired) electrons. The van der Waals surface area contributed by atoms with Crippen molar-refractivity contribution in [3.8, 4) is 5.75 Å². The average molecular weight is 235 g/mol. The lowest BCUT2D eigenvalue weighted by Crippen LogP contribution is -2.20. The summed E-state index contributed by atoms with van der Waals surface area (Å²) >= 11 is 0. The largest absolute Gasteiger partial charge is 0.496 e. The van der Waals surface area contributed by atoms with Gasteiger partial charge in [0.15, 0.2) is 0 Å². The Morgan fingerprint density at radius 3 is 2.82 bits per heavy atom. The number of hydrogen-bond donors (Lipinski definition) is 1. The van der Waals surface area contributed by atoms with Gasteiger partial charge in [0.05, 0.1) is 13.7 Å². The molecule has 1 aliphatic carbocycles. The van der Waals surface area contributed by atoms with Crippen LogP contribution in [0.2, 0.25) is 0 Å². The van der Waals surface area contributed by atoms with Crippen LogP contribution < -0.4 is 10.5 Å². The number of hydrogen-bond acceptors (Lipinski definition) is 4. The normalized spacial score (nSPS) is 15.1. The molecule has 1 aromatic rings. The summed E-state index contributed by atoms with van der Waals surface area (Å²) in [6.45, 7) is 0.497. The molecule has 0 atom stereocenters. The highest BCUT2D eigenvalue weighted by molar-refractivity contribution is 5.93. The lowest BCUT2D eigenvalue weighted by Gasteiger charge is -2.24. The van der Waals surface area contributed by atoms with Crippen molar-refractivity contribution in [2.24, 2.45) is 5.92 Å². The van der Waals surface area contributed by atoms with Crippen molar-refractivity contribution in [1.29, 1.82) is 0 Å². The molecule has 4 heteroatoms. The third-order valence-electron chi connectivity index (χ3n) is 3.12. The lowest BCUT2D eigenvalue weighted by atomic mass is 9.86. The Morgan fingerprint density at radius 1 is 1.47 bits per heavy atom. The molecule has 2 N–H and O–H groups in total. The first-order valence-corrected chi connectivity index (χ1v) is 5.81. The van der Waals surface area contributed by atoms with Crippen LogP contribution in [0.4, 0.5) is 5.69 Å². The van der Waals surface area contributed by atoms with Gasteiger partial charge in [0.25, 0.3) is 0 Å². The third-order valence-corrected chi connectivity index (χ3v) is 3.12. The highest BCUT2D eigenvalue weighted by Gasteiger charge is 2.21. The first kappa shape index (κ1) is 11.8. The lowest BCUT2D eigenvalue weighted by molar-refractivity contribution is 0.0368. The molecule has 2 rings (SSSR count). The number of nitrogen functional groups attached to an aromatic ring is 1. The molecule has 1 aromatic carbocycles. The molecular formula is C13H17NO3. The van der Waals surface area contributed by atoms with Gasteiger partial charge in [-0.15, -0.1) is 0 Å². The van der Waals surface area contributed by atoms with E-state index in [0.717, 1.165) is 12.8 Å². The van der Waals surface area contributed by atoms with Crippen molar-refractivity contribution in [1.82, 2.24) is 0 Å². The van der Waals surface area contributed by atoms with E-state index >= 15 is 0 Å². The zero-order chi connectivity index (χ0) is 12.3. The number of ether oxygens (including phenoxy) is 2. The maximum absolute atomic E-state index is 11.9. The van der Waals surface area contributed by atoms with E-state index in [9.17, 15) is 4.79 Å². The molecular weight excluding hydrogens is 218 g/mol. The Morgan fingerprint density at radius 2 is 2.24 bits per heavy atom. The number of esters is 1. The predicted octanol–water partition coefficient (Wildman–Crippen LogP) is 2.23. The van der Waals surface area contributed by atoms with Crippen LogP contribution in [0.5, 0.6) is 5.75 Å². The summed E-state index contributed by atoms with van der Waals surface area (Å²) < 4.78 is 10.4. The van der Waals surface area contributed by atoms with Crippen molar-refractivity contribution in [2.45, 2.75) is 19.3 Å². The minimum Gasteiger partial charge on any atom is -0.496 e. The standard InChI is InChI=1S/C13H17NO3/c1-16-12-6-5-10(14)7-11(12)13(15)17-8-9-3-2-4-9/h5-7,9H,2-4,8,14H2,1H3. The summed E-state index contributed by atoms with van der Waals surface area (Å²) in [6.07, 6.45) is 3.55. The Hall–Kier alpha value is -1.71. The molecule has 1 aliphatic rings. The van der Waals surface area contributed by atoms with Gasteiger partial charge in [-0.3, -0.25) is 0 Å². The number of nitrogens with two attached hydrogens (primary N) is 1. The van der Waals surface area contributed by atoms with Crippen molar-refractivity contribution >= 4 is 11.7 Å². The van der Waals surface area contributed by atoms with Crippen molar-refractivity contribution < 1.29 is 14.3 Å². The fourth-order valence-corrected chi connectivity index (χ4v) is 1.82. The monoisotopic (exact) mass is 235 g/mol. The number of methoxy groups -OCH3 is 1. The van der Waals surface area contributed by atoms with Gasteiger partial charge in [-0.1, -0.05) is 6.42 Å². The Balaban J connectivity index is 2.03. The average Bonchev–Trinajstić information content (AvgIpc) is 2.26. The minimum atomic E-state index is -0.360. The molecule has 0 aromatic heterocycles. The summed E-state index contributed by atoms with van der Waals surface area (Å²) in [5.74, 6) is 0.671. The van der Waals surface area contributed by atoms with Crippen molar-refractivity contribution in [3.05, 3.63) is 23.8 Å². The van der Waals surface area contributed by atoms with Gasteiger partial charge < -0.3 is 15.2 Å². The fraction of sp³-hybridized carbons (Fsp3) is 0.462. The number of anilines is 1. The smallest absolute Gasteiger partial charge is 0.342 e. The van der Waals surface area contributed by atoms with Gasteiger partial charge in [0.1, 0.15) is 11.3 Å². The third kappa shape index (κ3) is 2.70. The summed E-state index contributed by atoms with van der Waals surface area (Å²) in [7, 11) is 1.52. The van der Waals surface area contributed by atoms with Crippen LogP contribution in [0.25, 0.3) is 0 Å². The zero-order valence-electron chi connectivity index (χ0n) is 9.94. The van der Waals surface area contributed by atoms with Gasteiger partial charge >= 0.3 is 5.97 Å². The molecule has 0 unspecified atom stereocenters. The second-order valence-corrected chi connectivity index (χ2v) is 4.36. The molecule has 0 amide bonds. The van der Waals surface area contributed by atoms with Crippen LogP contribution in [0.15, 0.2) is 18.2 Å². The Kier molecular flexibility index (Phi) is 3.52. The van der Waals surface area contributed by atoms with Gasteiger partial charge in [-0.05, 0) is 37.0 Å². The van der Waals surface area contributed by atoms with Crippen LogP contribution >= 0.6 is 0 Å². The molecule has 1 fully saturated rings. The fourth-order valence-electron chi connectivity index (χ4n) is 1.82. The predicted molar refractivity (Wildman–Crippen MR) is 65.0 cm³/mol. The zero-order valence-corrected chi connectivity index (χ0v) is 9.94. The molecule has 1 saturated carbocycles. The second kappa shape index (κ2) is 5.08. The van der Waals surface area contributed by atoms with E-state index in [4.69, 9.17) is 15.2 Å². The van der Waals surface area contributed by atoms with E-state index in [2.05, 4.69) is 0 Å². The molecule has 0 aliphatic heterocycles. The number of rotatable bonds is 4. The van der Waals surface area contributed by atoms with E-state index < -0.39 is 0 Å². The maximum Gasteiger partial charge on any atom is 0.342 e. The first-order chi connectivity index (χ1) is 8.20. The van der Waals surface area contributed by atoms with Crippen molar-refractivity contribution in [2.75, 3.05) is 19.5 Å². The number of benzene rings is 1. The first-order valence-electron chi connectivity index (χ1n) is 5.81. The minimum absolute atomic E-state index is 0.360. The van der Waals surface area contributed by atoms with Gasteiger partial charge in [0.2, 0.25) is 0 Å². The van der Waals surface area contributed by atoms with Crippen LogP contribution in [-0.2, 0) is 4.74 Å². The van der Waals surface area contributed by atoms with E-state index in [0.29, 0.717) is 29.5 Å². The van der Waals surface area contributed by atoms with Gasteiger partial charge in [0, 0.05) is 5.69 Å².